The Bertz CT molecular complexity index is 460. The van der Waals surface area contributed by atoms with E-state index in [4.69, 9.17) is 5.11 Å². The Labute approximate surface area is 119 Å². The zero-order chi connectivity index (χ0) is 13.7. The van der Waals surface area contributed by atoms with Crippen LogP contribution in [-0.4, -0.2) is 54.2 Å². The zero-order valence-electron chi connectivity index (χ0n) is 11.7. The first-order valence-electron chi connectivity index (χ1n) is 6.80. The highest BCUT2D eigenvalue weighted by Crippen LogP contribution is 2.20. The SMILES string of the molecule is CC1CN(C)CCN1Cc1ccc(C#CCCO)s1. The van der Waals surface area contributed by atoms with Crippen LogP contribution in [0.1, 0.15) is 23.1 Å². The van der Waals surface area contributed by atoms with Crippen LogP contribution in [0.25, 0.3) is 0 Å². The van der Waals surface area contributed by atoms with Crippen LogP contribution in [0.15, 0.2) is 12.1 Å². The summed E-state index contributed by atoms with van der Waals surface area (Å²) in [5.41, 5.74) is 0. The van der Waals surface area contributed by atoms with Gasteiger partial charge in [0.15, 0.2) is 0 Å². The number of aliphatic hydroxyl groups excluding tert-OH is 1. The van der Waals surface area contributed by atoms with Crippen LogP contribution in [-0.2, 0) is 6.54 Å². The molecule has 2 heterocycles. The minimum atomic E-state index is 0.143. The van der Waals surface area contributed by atoms with Crippen molar-refractivity contribution in [2.45, 2.75) is 25.9 Å². The van der Waals surface area contributed by atoms with Gasteiger partial charge in [-0.2, -0.15) is 0 Å². The molecule has 0 radical (unpaired) electrons. The molecule has 1 unspecified atom stereocenters. The van der Waals surface area contributed by atoms with E-state index in [1.807, 2.05) is 0 Å². The fraction of sp³-hybridized carbons (Fsp3) is 0.600. The van der Waals surface area contributed by atoms with Gasteiger partial charge < -0.3 is 10.0 Å². The molecule has 1 fully saturated rings. The van der Waals surface area contributed by atoms with E-state index in [-0.39, 0.29) is 6.61 Å². The van der Waals surface area contributed by atoms with E-state index < -0.39 is 0 Å². The zero-order valence-corrected chi connectivity index (χ0v) is 12.5. The minimum Gasteiger partial charge on any atom is -0.395 e. The third-order valence-corrected chi connectivity index (χ3v) is 4.42. The van der Waals surface area contributed by atoms with Crippen LogP contribution in [0.3, 0.4) is 0 Å². The van der Waals surface area contributed by atoms with Crippen LogP contribution in [0, 0.1) is 11.8 Å². The quantitative estimate of drug-likeness (QED) is 0.851. The first-order valence-corrected chi connectivity index (χ1v) is 7.61. The molecular weight excluding hydrogens is 256 g/mol. The second-order valence-corrected chi connectivity index (χ2v) is 6.29. The lowest BCUT2D eigenvalue weighted by Gasteiger charge is -2.37. The first-order chi connectivity index (χ1) is 9.19. The Morgan fingerprint density at radius 3 is 3.00 bits per heavy atom. The molecule has 1 aromatic heterocycles. The lowest BCUT2D eigenvalue weighted by Crippen LogP contribution is -2.49. The van der Waals surface area contributed by atoms with Crippen molar-refractivity contribution in [1.82, 2.24) is 9.80 Å². The van der Waals surface area contributed by atoms with Gasteiger partial charge in [0, 0.05) is 43.5 Å². The number of hydrogen-bond donors (Lipinski definition) is 1. The number of hydrogen-bond acceptors (Lipinski definition) is 4. The second kappa shape index (κ2) is 7.06. The average Bonchev–Trinajstić information content (AvgIpc) is 2.81. The summed E-state index contributed by atoms with van der Waals surface area (Å²) in [4.78, 5) is 7.41. The highest BCUT2D eigenvalue weighted by atomic mass is 32.1. The molecule has 0 saturated carbocycles. The van der Waals surface area contributed by atoms with Crippen molar-refractivity contribution < 1.29 is 5.11 Å². The van der Waals surface area contributed by atoms with Crippen molar-refractivity contribution in [2.75, 3.05) is 33.3 Å². The Morgan fingerprint density at radius 1 is 1.42 bits per heavy atom. The van der Waals surface area contributed by atoms with Crippen molar-refractivity contribution >= 4 is 11.3 Å². The predicted molar refractivity (Wildman–Crippen MR) is 80.3 cm³/mol. The largest absolute Gasteiger partial charge is 0.395 e. The van der Waals surface area contributed by atoms with Crippen LogP contribution in [0.4, 0.5) is 0 Å². The van der Waals surface area contributed by atoms with E-state index >= 15 is 0 Å². The number of likely N-dealkylation sites (N-methyl/N-ethyl adjacent to an activating group) is 1. The summed E-state index contributed by atoms with van der Waals surface area (Å²) in [6, 6.07) is 4.88. The fourth-order valence-electron chi connectivity index (χ4n) is 2.35. The molecular formula is C15H22N2OS. The Kier molecular flexibility index (Phi) is 5.41. The standard InChI is InChI=1S/C15H22N2OS/c1-13-11-16(2)8-9-17(13)12-15-7-6-14(19-15)5-3-4-10-18/h6-7,13,18H,4,8-12H2,1-2H3. The summed E-state index contributed by atoms with van der Waals surface area (Å²) >= 11 is 1.77. The van der Waals surface area contributed by atoms with Crippen molar-refractivity contribution in [3.05, 3.63) is 21.9 Å². The summed E-state index contributed by atoms with van der Waals surface area (Å²) in [7, 11) is 2.19. The minimum absolute atomic E-state index is 0.143. The van der Waals surface area contributed by atoms with Crippen LogP contribution >= 0.6 is 11.3 Å². The summed E-state index contributed by atoms with van der Waals surface area (Å²) in [6.07, 6.45) is 0.558. The molecule has 0 aliphatic carbocycles. The number of piperazine rings is 1. The molecule has 2 rings (SSSR count). The van der Waals surface area contributed by atoms with Crippen LogP contribution < -0.4 is 0 Å². The van der Waals surface area contributed by atoms with Crippen LogP contribution in [0.5, 0.6) is 0 Å². The molecule has 0 bridgehead atoms. The predicted octanol–water partition coefficient (Wildman–Crippen LogP) is 1.62. The van der Waals surface area contributed by atoms with E-state index in [9.17, 15) is 0 Å². The lowest BCUT2D eigenvalue weighted by atomic mass is 10.2. The third kappa shape index (κ3) is 4.32. The maximum Gasteiger partial charge on any atom is 0.0771 e. The summed E-state index contributed by atoms with van der Waals surface area (Å²) < 4.78 is 0. The van der Waals surface area contributed by atoms with Gasteiger partial charge in [-0.25, -0.2) is 0 Å². The molecule has 1 N–H and O–H groups in total. The highest BCUT2D eigenvalue weighted by Gasteiger charge is 2.21. The van der Waals surface area contributed by atoms with E-state index in [1.165, 1.54) is 4.88 Å². The van der Waals surface area contributed by atoms with Gasteiger partial charge in [0.2, 0.25) is 0 Å². The van der Waals surface area contributed by atoms with Gasteiger partial charge in [0.25, 0.3) is 0 Å². The van der Waals surface area contributed by atoms with E-state index in [0.29, 0.717) is 12.5 Å². The second-order valence-electron chi connectivity index (χ2n) is 5.12. The number of nitrogens with zero attached hydrogens (tertiary/aromatic N) is 2. The van der Waals surface area contributed by atoms with E-state index in [1.54, 1.807) is 11.3 Å². The lowest BCUT2D eigenvalue weighted by molar-refractivity contribution is 0.0947. The molecule has 1 aromatic rings. The highest BCUT2D eigenvalue weighted by molar-refractivity contribution is 7.12. The van der Waals surface area contributed by atoms with Gasteiger partial charge in [0.05, 0.1) is 11.5 Å². The smallest absolute Gasteiger partial charge is 0.0771 e. The maximum atomic E-state index is 8.71. The number of aliphatic hydroxyl groups is 1. The molecule has 0 amide bonds. The molecule has 0 spiro atoms. The monoisotopic (exact) mass is 278 g/mol. The molecule has 1 saturated heterocycles. The molecule has 19 heavy (non-hydrogen) atoms. The molecule has 1 aliphatic rings. The van der Waals surface area contributed by atoms with Crippen molar-refractivity contribution in [2.24, 2.45) is 0 Å². The summed E-state index contributed by atoms with van der Waals surface area (Å²) in [5, 5.41) is 8.71. The van der Waals surface area contributed by atoms with E-state index in [0.717, 1.165) is 31.1 Å². The average molecular weight is 278 g/mol. The Balaban J connectivity index is 1.91. The Hall–Kier alpha value is -0.860. The number of rotatable bonds is 3. The van der Waals surface area contributed by atoms with Gasteiger partial charge in [-0.3, -0.25) is 4.90 Å². The third-order valence-electron chi connectivity index (χ3n) is 3.44. The maximum absolute atomic E-state index is 8.71. The van der Waals surface area contributed by atoms with Crippen molar-refractivity contribution in [3.8, 4) is 11.8 Å². The number of thiophene rings is 1. The van der Waals surface area contributed by atoms with Gasteiger partial charge >= 0.3 is 0 Å². The molecule has 0 aromatic carbocycles. The molecule has 3 nitrogen and oxygen atoms in total. The molecule has 104 valence electrons. The van der Waals surface area contributed by atoms with Gasteiger partial charge in [-0.15, -0.1) is 11.3 Å². The van der Waals surface area contributed by atoms with Crippen LogP contribution in [0.2, 0.25) is 0 Å². The van der Waals surface area contributed by atoms with E-state index in [2.05, 4.69) is 47.7 Å². The van der Waals surface area contributed by atoms with Crippen molar-refractivity contribution in [3.63, 3.8) is 0 Å². The topological polar surface area (TPSA) is 26.7 Å². The van der Waals surface area contributed by atoms with Crippen molar-refractivity contribution in [1.29, 1.82) is 0 Å². The molecule has 1 atom stereocenters. The Morgan fingerprint density at radius 2 is 2.26 bits per heavy atom. The molecule has 4 heteroatoms. The summed E-state index contributed by atoms with van der Waals surface area (Å²) in [6.45, 7) is 6.91. The fourth-order valence-corrected chi connectivity index (χ4v) is 3.26. The normalized spacial score (nSPS) is 21.1. The molecule has 1 aliphatic heterocycles. The first kappa shape index (κ1) is 14.5. The summed E-state index contributed by atoms with van der Waals surface area (Å²) in [5.74, 6) is 6.08. The van der Waals surface area contributed by atoms with Gasteiger partial charge in [-0.1, -0.05) is 11.8 Å². The van der Waals surface area contributed by atoms with Gasteiger partial charge in [-0.05, 0) is 26.1 Å². The van der Waals surface area contributed by atoms with Gasteiger partial charge in [0.1, 0.15) is 0 Å².